The molecule has 2 rings (SSSR count). The normalized spacial score (nSPS) is 12.3. The Morgan fingerprint density at radius 3 is 2.68 bits per heavy atom. The molecule has 5 nitrogen and oxygen atoms in total. The molecule has 0 spiro atoms. The van der Waals surface area contributed by atoms with Crippen LogP contribution in [0.3, 0.4) is 0 Å². The molecule has 0 saturated carbocycles. The van der Waals surface area contributed by atoms with E-state index in [0.29, 0.717) is 18.8 Å². The number of aromatic nitrogens is 2. The number of likely N-dealkylation sites (N-methyl/N-ethyl adjacent to an activating group) is 1. The summed E-state index contributed by atoms with van der Waals surface area (Å²) in [4.78, 5) is 2.14. The fourth-order valence-corrected chi connectivity index (χ4v) is 2.06. The summed E-state index contributed by atoms with van der Waals surface area (Å²) in [5.74, 6) is 0. The van der Waals surface area contributed by atoms with Gasteiger partial charge in [-0.25, -0.2) is 0 Å². The van der Waals surface area contributed by atoms with E-state index in [0.717, 1.165) is 12.2 Å². The van der Waals surface area contributed by atoms with Crippen molar-refractivity contribution in [3.63, 3.8) is 0 Å². The monoisotopic (exact) mass is 260 g/mol. The third kappa shape index (κ3) is 3.72. The van der Waals surface area contributed by atoms with Crippen molar-refractivity contribution in [1.82, 2.24) is 9.78 Å². The van der Waals surface area contributed by atoms with Crippen LogP contribution in [0.2, 0.25) is 0 Å². The average Bonchev–Trinajstić information content (AvgIpc) is 2.82. The lowest BCUT2D eigenvalue weighted by Gasteiger charge is -2.25. The molecule has 0 bridgehead atoms. The van der Waals surface area contributed by atoms with Crippen molar-refractivity contribution in [3.05, 3.63) is 42.7 Å². The molecule has 0 fully saturated rings. The van der Waals surface area contributed by atoms with Crippen molar-refractivity contribution in [2.75, 3.05) is 23.7 Å². The summed E-state index contributed by atoms with van der Waals surface area (Å²) in [5.41, 5.74) is 7.33. The first-order valence-electron chi connectivity index (χ1n) is 6.45. The van der Waals surface area contributed by atoms with Crippen LogP contribution in [-0.4, -0.2) is 34.1 Å². The minimum absolute atomic E-state index is 0.445. The second-order valence-electron chi connectivity index (χ2n) is 4.52. The lowest BCUT2D eigenvalue weighted by molar-refractivity contribution is 0.154. The number of nitrogen functional groups attached to an aromatic ring is 1. The molecule has 0 amide bonds. The molecule has 1 aromatic heterocycles. The molecule has 3 N–H and O–H groups in total. The summed E-state index contributed by atoms with van der Waals surface area (Å²) < 4.78 is 1.67. The van der Waals surface area contributed by atoms with Crippen LogP contribution >= 0.6 is 0 Å². The number of aliphatic hydroxyl groups is 1. The van der Waals surface area contributed by atoms with Gasteiger partial charge in [-0.05, 0) is 19.1 Å². The van der Waals surface area contributed by atoms with Crippen molar-refractivity contribution >= 4 is 11.4 Å². The molecule has 1 heterocycles. The number of para-hydroxylation sites is 1. The first kappa shape index (κ1) is 13.4. The predicted molar refractivity (Wildman–Crippen MR) is 77.0 cm³/mol. The Bertz CT molecular complexity index is 497. The predicted octanol–water partition coefficient (Wildman–Crippen LogP) is 1.35. The molecular formula is C14H20N4O. The number of nitrogens with two attached hydrogens (primary N) is 1. The molecule has 5 heteroatoms. The molecule has 0 aliphatic rings. The number of hydrogen-bond donors (Lipinski definition) is 2. The fraction of sp³-hybridized carbons (Fsp3) is 0.357. The Morgan fingerprint density at radius 2 is 2.11 bits per heavy atom. The van der Waals surface area contributed by atoms with E-state index >= 15 is 0 Å². The van der Waals surface area contributed by atoms with Gasteiger partial charge in [0.25, 0.3) is 0 Å². The topological polar surface area (TPSA) is 67.3 Å². The van der Waals surface area contributed by atoms with Gasteiger partial charge in [0.15, 0.2) is 0 Å². The molecule has 0 aliphatic carbocycles. The van der Waals surface area contributed by atoms with E-state index in [1.54, 1.807) is 17.1 Å². The highest BCUT2D eigenvalue weighted by atomic mass is 16.3. The Morgan fingerprint density at radius 1 is 1.37 bits per heavy atom. The van der Waals surface area contributed by atoms with Crippen molar-refractivity contribution in [2.24, 2.45) is 0 Å². The lowest BCUT2D eigenvalue weighted by Crippen LogP contribution is -2.34. The van der Waals surface area contributed by atoms with Gasteiger partial charge >= 0.3 is 0 Å². The van der Waals surface area contributed by atoms with Gasteiger partial charge in [-0.2, -0.15) is 5.10 Å². The van der Waals surface area contributed by atoms with E-state index in [9.17, 15) is 5.11 Å². The van der Waals surface area contributed by atoms with E-state index in [1.807, 2.05) is 30.3 Å². The smallest absolute Gasteiger partial charge is 0.0910 e. The largest absolute Gasteiger partial charge is 0.396 e. The number of rotatable bonds is 6. The fourth-order valence-electron chi connectivity index (χ4n) is 2.06. The van der Waals surface area contributed by atoms with E-state index < -0.39 is 6.10 Å². The third-order valence-corrected chi connectivity index (χ3v) is 2.99. The van der Waals surface area contributed by atoms with Gasteiger partial charge in [0, 0.05) is 25.0 Å². The Labute approximate surface area is 113 Å². The van der Waals surface area contributed by atoms with Crippen molar-refractivity contribution in [2.45, 2.75) is 19.6 Å². The van der Waals surface area contributed by atoms with Crippen LogP contribution in [0, 0.1) is 0 Å². The molecule has 0 radical (unpaired) electrons. The van der Waals surface area contributed by atoms with Crippen LogP contribution in [0.1, 0.15) is 6.92 Å². The standard InChI is InChI=1S/C14H20N4O/c1-2-17(13-6-4-3-5-7-13)10-14(19)11-18-9-12(15)8-16-18/h3-9,14,19H,2,10-11,15H2,1H3. The average molecular weight is 260 g/mol. The molecule has 19 heavy (non-hydrogen) atoms. The lowest BCUT2D eigenvalue weighted by atomic mass is 10.2. The zero-order valence-electron chi connectivity index (χ0n) is 11.1. The van der Waals surface area contributed by atoms with E-state index in [-0.39, 0.29) is 0 Å². The molecule has 0 saturated heterocycles. The number of hydrogen-bond acceptors (Lipinski definition) is 4. The molecule has 102 valence electrons. The summed E-state index contributed by atoms with van der Waals surface area (Å²) in [6, 6.07) is 10.1. The zero-order valence-corrected chi connectivity index (χ0v) is 11.1. The summed E-state index contributed by atoms with van der Waals surface area (Å²) in [6.45, 7) is 3.94. The molecule has 1 atom stereocenters. The van der Waals surface area contributed by atoms with E-state index in [1.165, 1.54) is 0 Å². The number of nitrogens with zero attached hydrogens (tertiary/aromatic N) is 3. The minimum atomic E-state index is -0.487. The summed E-state index contributed by atoms with van der Waals surface area (Å²) in [7, 11) is 0. The Hall–Kier alpha value is -2.01. The minimum Gasteiger partial charge on any atom is -0.396 e. The van der Waals surface area contributed by atoms with Crippen LogP contribution in [-0.2, 0) is 6.54 Å². The first-order chi connectivity index (χ1) is 9.19. The maximum atomic E-state index is 10.1. The second kappa shape index (κ2) is 6.24. The summed E-state index contributed by atoms with van der Waals surface area (Å²) in [6.07, 6.45) is 2.82. The number of benzene rings is 1. The highest BCUT2D eigenvalue weighted by molar-refractivity contribution is 5.45. The number of anilines is 2. The molecule has 1 unspecified atom stereocenters. The van der Waals surface area contributed by atoms with Crippen molar-refractivity contribution in [3.8, 4) is 0 Å². The third-order valence-electron chi connectivity index (χ3n) is 2.99. The molecule has 0 aliphatic heterocycles. The van der Waals surface area contributed by atoms with Gasteiger partial charge in [0.2, 0.25) is 0 Å². The Balaban J connectivity index is 1.95. The van der Waals surface area contributed by atoms with Crippen LogP contribution in [0.15, 0.2) is 42.7 Å². The highest BCUT2D eigenvalue weighted by Gasteiger charge is 2.12. The van der Waals surface area contributed by atoms with Crippen LogP contribution < -0.4 is 10.6 Å². The molecular weight excluding hydrogens is 240 g/mol. The molecule has 2 aromatic rings. The van der Waals surface area contributed by atoms with Crippen LogP contribution in [0.4, 0.5) is 11.4 Å². The first-order valence-corrected chi connectivity index (χ1v) is 6.45. The zero-order chi connectivity index (χ0) is 13.7. The van der Waals surface area contributed by atoms with Gasteiger partial charge in [-0.3, -0.25) is 4.68 Å². The van der Waals surface area contributed by atoms with Gasteiger partial charge in [0.1, 0.15) is 0 Å². The second-order valence-corrected chi connectivity index (χ2v) is 4.52. The number of aliphatic hydroxyl groups excluding tert-OH is 1. The maximum Gasteiger partial charge on any atom is 0.0910 e. The van der Waals surface area contributed by atoms with Crippen LogP contribution in [0.25, 0.3) is 0 Å². The van der Waals surface area contributed by atoms with Gasteiger partial charge in [-0.15, -0.1) is 0 Å². The highest BCUT2D eigenvalue weighted by Crippen LogP contribution is 2.13. The van der Waals surface area contributed by atoms with Gasteiger partial charge in [-0.1, -0.05) is 18.2 Å². The van der Waals surface area contributed by atoms with Gasteiger partial charge < -0.3 is 15.7 Å². The van der Waals surface area contributed by atoms with Gasteiger partial charge in [0.05, 0.1) is 24.5 Å². The summed E-state index contributed by atoms with van der Waals surface area (Å²) in [5, 5.41) is 14.2. The SMILES string of the molecule is CCN(CC(O)Cn1cc(N)cn1)c1ccccc1. The van der Waals surface area contributed by atoms with Crippen molar-refractivity contribution in [1.29, 1.82) is 0 Å². The van der Waals surface area contributed by atoms with E-state index in [4.69, 9.17) is 5.73 Å². The Kier molecular flexibility index (Phi) is 4.41. The van der Waals surface area contributed by atoms with Crippen molar-refractivity contribution < 1.29 is 5.11 Å². The van der Waals surface area contributed by atoms with Crippen LogP contribution in [0.5, 0.6) is 0 Å². The van der Waals surface area contributed by atoms with E-state index in [2.05, 4.69) is 16.9 Å². The summed E-state index contributed by atoms with van der Waals surface area (Å²) >= 11 is 0. The molecule has 1 aromatic carbocycles. The maximum absolute atomic E-state index is 10.1. The quantitative estimate of drug-likeness (QED) is 0.823.